The summed E-state index contributed by atoms with van der Waals surface area (Å²) >= 11 is 0. The van der Waals surface area contributed by atoms with Crippen molar-refractivity contribution in [2.24, 2.45) is 5.92 Å². The van der Waals surface area contributed by atoms with Crippen molar-refractivity contribution in [1.29, 1.82) is 0 Å². The Hall–Kier alpha value is -1.06. The molecule has 0 aromatic heterocycles. The molecule has 0 aromatic rings. The molecule has 1 fully saturated rings. The summed E-state index contributed by atoms with van der Waals surface area (Å²) in [5.41, 5.74) is 0. The van der Waals surface area contributed by atoms with E-state index in [9.17, 15) is 9.59 Å². The highest BCUT2D eigenvalue weighted by Gasteiger charge is 2.26. The molecule has 4 heteroatoms. The Morgan fingerprint density at radius 2 is 2.21 bits per heavy atom. The van der Waals surface area contributed by atoms with Crippen LogP contribution >= 0.6 is 0 Å². The first-order valence-electron chi connectivity index (χ1n) is 5.11. The average molecular weight is 199 g/mol. The monoisotopic (exact) mass is 199 g/mol. The molecule has 80 valence electrons. The number of amides is 1. The van der Waals surface area contributed by atoms with Crippen LogP contribution in [0.4, 0.5) is 0 Å². The molecule has 1 aliphatic rings. The summed E-state index contributed by atoms with van der Waals surface area (Å²) in [6.07, 6.45) is 2.11. The summed E-state index contributed by atoms with van der Waals surface area (Å²) in [4.78, 5) is 24.2. The van der Waals surface area contributed by atoms with Crippen LogP contribution in [-0.2, 0) is 14.3 Å². The predicted octanol–water partition coefficient (Wildman–Crippen LogP) is 0.808. The number of likely N-dealkylation sites (tertiary alicyclic amines) is 1. The van der Waals surface area contributed by atoms with Gasteiger partial charge in [-0.25, -0.2) is 4.79 Å². The van der Waals surface area contributed by atoms with E-state index in [1.807, 2.05) is 0 Å². The van der Waals surface area contributed by atoms with Crippen LogP contribution in [0.3, 0.4) is 0 Å². The molecule has 1 amide bonds. The first-order valence-corrected chi connectivity index (χ1v) is 5.11. The molecule has 1 heterocycles. The maximum absolute atomic E-state index is 11.5. The molecule has 0 unspecified atom stereocenters. The van der Waals surface area contributed by atoms with E-state index >= 15 is 0 Å². The minimum Gasteiger partial charge on any atom is -0.459 e. The summed E-state index contributed by atoms with van der Waals surface area (Å²) in [5, 5.41) is 0. The number of carbonyl (C=O) groups is 2. The summed E-state index contributed by atoms with van der Waals surface area (Å²) < 4.78 is 4.66. The van der Waals surface area contributed by atoms with Crippen LogP contribution in [0, 0.1) is 5.92 Å². The van der Waals surface area contributed by atoms with Gasteiger partial charge in [0.05, 0.1) is 6.61 Å². The van der Waals surface area contributed by atoms with E-state index in [0.717, 1.165) is 12.8 Å². The van der Waals surface area contributed by atoms with Gasteiger partial charge in [0.2, 0.25) is 0 Å². The maximum atomic E-state index is 11.5. The third kappa shape index (κ3) is 2.72. The SMILES string of the molecule is CCOC(=O)C(=O)N1CCC[C@H](C)C1. The maximum Gasteiger partial charge on any atom is 0.397 e. The molecule has 0 bridgehead atoms. The lowest BCUT2D eigenvalue weighted by atomic mass is 10.0. The number of piperidine rings is 1. The average Bonchev–Trinajstić information content (AvgIpc) is 2.17. The van der Waals surface area contributed by atoms with Crippen molar-refractivity contribution in [3.8, 4) is 0 Å². The molecule has 1 rings (SSSR count). The van der Waals surface area contributed by atoms with E-state index in [1.54, 1.807) is 11.8 Å². The summed E-state index contributed by atoms with van der Waals surface area (Å²) in [6, 6.07) is 0. The molecule has 0 radical (unpaired) electrons. The van der Waals surface area contributed by atoms with Crippen LogP contribution in [-0.4, -0.2) is 36.5 Å². The number of esters is 1. The van der Waals surface area contributed by atoms with Crippen molar-refractivity contribution in [2.45, 2.75) is 26.7 Å². The predicted molar refractivity (Wildman–Crippen MR) is 51.6 cm³/mol. The summed E-state index contributed by atoms with van der Waals surface area (Å²) in [7, 11) is 0. The highest BCUT2D eigenvalue weighted by Crippen LogP contribution is 2.15. The zero-order valence-corrected chi connectivity index (χ0v) is 8.78. The van der Waals surface area contributed by atoms with Gasteiger partial charge in [-0.3, -0.25) is 4.79 Å². The standard InChI is InChI=1S/C10H17NO3/c1-3-14-10(13)9(12)11-6-4-5-8(2)7-11/h8H,3-7H2,1-2H3/t8-/m0/s1. The van der Waals surface area contributed by atoms with Gasteiger partial charge in [0.1, 0.15) is 0 Å². The number of hydrogen-bond acceptors (Lipinski definition) is 3. The fraction of sp³-hybridized carbons (Fsp3) is 0.800. The molecule has 0 aromatic carbocycles. The van der Waals surface area contributed by atoms with Gasteiger partial charge in [-0.2, -0.15) is 0 Å². The Balaban J connectivity index is 2.47. The summed E-state index contributed by atoms with van der Waals surface area (Å²) in [6.45, 7) is 5.40. The van der Waals surface area contributed by atoms with Crippen molar-refractivity contribution in [1.82, 2.24) is 4.90 Å². The first kappa shape index (κ1) is 11.0. The number of nitrogens with zero attached hydrogens (tertiary/aromatic N) is 1. The van der Waals surface area contributed by atoms with Gasteiger partial charge in [-0.05, 0) is 25.7 Å². The number of hydrogen-bond donors (Lipinski definition) is 0. The fourth-order valence-electron chi connectivity index (χ4n) is 1.70. The Morgan fingerprint density at radius 3 is 2.79 bits per heavy atom. The van der Waals surface area contributed by atoms with Gasteiger partial charge in [0.25, 0.3) is 0 Å². The van der Waals surface area contributed by atoms with Crippen LogP contribution in [0.5, 0.6) is 0 Å². The smallest absolute Gasteiger partial charge is 0.397 e. The minimum absolute atomic E-state index is 0.258. The van der Waals surface area contributed by atoms with Gasteiger partial charge in [-0.15, -0.1) is 0 Å². The Bertz CT molecular complexity index is 227. The van der Waals surface area contributed by atoms with Crippen molar-refractivity contribution >= 4 is 11.9 Å². The zero-order chi connectivity index (χ0) is 10.6. The molecule has 1 aliphatic heterocycles. The molecule has 1 atom stereocenters. The van der Waals surface area contributed by atoms with Crippen molar-refractivity contribution in [2.75, 3.05) is 19.7 Å². The zero-order valence-electron chi connectivity index (χ0n) is 8.78. The molecule has 0 spiro atoms. The van der Waals surface area contributed by atoms with Gasteiger partial charge >= 0.3 is 11.9 Å². The second-order valence-corrected chi connectivity index (χ2v) is 3.72. The number of ether oxygens (including phenoxy) is 1. The Labute approximate surface area is 84.2 Å². The van der Waals surface area contributed by atoms with Crippen LogP contribution < -0.4 is 0 Å². The van der Waals surface area contributed by atoms with Gasteiger partial charge < -0.3 is 9.64 Å². The molecule has 1 saturated heterocycles. The molecule has 0 aliphatic carbocycles. The third-order valence-electron chi connectivity index (χ3n) is 2.39. The normalized spacial score (nSPS) is 21.9. The van der Waals surface area contributed by atoms with E-state index in [0.29, 0.717) is 19.0 Å². The summed E-state index contributed by atoms with van der Waals surface area (Å²) in [5.74, 6) is -0.720. The van der Waals surface area contributed by atoms with Gasteiger partial charge in [0.15, 0.2) is 0 Å². The topological polar surface area (TPSA) is 46.6 Å². The van der Waals surface area contributed by atoms with E-state index in [4.69, 9.17) is 0 Å². The first-order chi connectivity index (χ1) is 6.65. The highest BCUT2D eigenvalue weighted by atomic mass is 16.5. The number of rotatable bonds is 1. The van der Waals surface area contributed by atoms with Crippen LogP contribution in [0.2, 0.25) is 0 Å². The quantitative estimate of drug-likeness (QED) is 0.463. The molecular formula is C10H17NO3. The minimum atomic E-state index is -0.721. The lowest BCUT2D eigenvalue weighted by Crippen LogP contribution is -2.43. The Kier molecular flexibility index (Phi) is 3.92. The second-order valence-electron chi connectivity index (χ2n) is 3.72. The third-order valence-corrected chi connectivity index (χ3v) is 2.39. The van der Waals surface area contributed by atoms with Crippen molar-refractivity contribution in [3.63, 3.8) is 0 Å². The van der Waals surface area contributed by atoms with Crippen LogP contribution in [0.15, 0.2) is 0 Å². The lowest BCUT2D eigenvalue weighted by Gasteiger charge is -2.29. The molecular weight excluding hydrogens is 182 g/mol. The molecule has 4 nitrogen and oxygen atoms in total. The van der Waals surface area contributed by atoms with Crippen LogP contribution in [0.1, 0.15) is 26.7 Å². The Morgan fingerprint density at radius 1 is 1.50 bits per heavy atom. The van der Waals surface area contributed by atoms with Crippen molar-refractivity contribution < 1.29 is 14.3 Å². The molecule has 14 heavy (non-hydrogen) atoms. The van der Waals surface area contributed by atoms with E-state index < -0.39 is 11.9 Å². The highest BCUT2D eigenvalue weighted by molar-refractivity contribution is 6.32. The van der Waals surface area contributed by atoms with Gasteiger partial charge in [-0.1, -0.05) is 6.92 Å². The lowest BCUT2D eigenvalue weighted by molar-refractivity contribution is -0.160. The van der Waals surface area contributed by atoms with E-state index in [-0.39, 0.29) is 6.61 Å². The largest absolute Gasteiger partial charge is 0.459 e. The fourth-order valence-corrected chi connectivity index (χ4v) is 1.70. The second kappa shape index (κ2) is 4.98. The van der Waals surface area contributed by atoms with Crippen molar-refractivity contribution in [3.05, 3.63) is 0 Å². The van der Waals surface area contributed by atoms with Crippen LogP contribution in [0.25, 0.3) is 0 Å². The van der Waals surface area contributed by atoms with E-state index in [2.05, 4.69) is 11.7 Å². The van der Waals surface area contributed by atoms with Gasteiger partial charge in [0, 0.05) is 13.1 Å². The number of carbonyl (C=O) groups excluding carboxylic acids is 2. The molecule has 0 saturated carbocycles. The van der Waals surface area contributed by atoms with E-state index in [1.165, 1.54) is 0 Å². The molecule has 0 N–H and O–H groups in total.